The van der Waals surface area contributed by atoms with Crippen LogP contribution in [-0.2, 0) is 27.4 Å². The number of nitrogens with zero attached hydrogens (tertiary/aromatic N) is 1. The second-order valence-corrected chi connectivity index (χ2v) is 10.7. The number of hydrogen-bond acceptors (Lipinski definition) is 3. The van der Waals surface area contributed by atoms with Crippen LogP contribution in [0, 0.1) is 13.8 Å². The molecular formula is C26H26ClF3N2O3S. The molecule has 1 N–H and O–H groups in total. The van der Waals surface area contributed by atoms with Crippen molar-refractivity contribution in [3.8, 4) is 0 Å². The first-order valence-electron chi connectivity index (χ1n) is 11.2. The van der Waals surface area contributed by atoms with Crippen LogP contribution in [-0.4, -0.2) is 27.4 Å². The highest BCUT2D eigenvalue weighted by Crippen LogP contribution is 2.38. The largest absolute Gasteiger partial charge is 0.417 e. The minimum absolute atomic E-state index is 0.149. The normalized spacial score (nSPS) is 11.8. The van der Waals surface area contributed by atoms with Gasteiger partial charge in [-0.25, -0.2) is 8.42 Å². The van der Waals surface area contributed by atoms with Crippen LogP contribution in [0.2, 0.25) is 5.02 Å². The quantitative estimate of drug-likeness (QED) is 0.344. The second kappa shape index (κ2) is 11.3. The van der Waals surface area contributed by atoms with E-state index in [0.29, 0.717) is 23.2 Å². The Balaban J connectivity index is 1.82. The van der Waals surface area contributed by atoms with E-state index in [1.54, 1.807) is 19.1 Å². The molecule has 0 aromatic heterocycles. The Morgan fingerprint density at radius 1 is 0.944 bits per heavy atom. The summed E-state index contributed by atoms with van der Waals surface area (Å²) in [5.41, 5.74) is 1.53. The predicted octanol–water partition coefficient (Wildman–Crippen LogP) is 5.92. The highest BCUT2D eigenvalue weighted by molar-refractivity contribution is 7.92. The van der Waals surface area contributed by atoms with Gasteiger partial charge < -0.3 is 5.32 Å². The molecule has 0 saturated heterocycles. The first kappa shape index (κ1) is 27.5. The Morgan fingerprint density at radius 2 is 1.53 bits per heavy atom. The van der Waals surface area contributed by atoms with Crippen molar-refractivity contribution in [1.82, 2.24) is 5.32 Å². The smallest absolute Gasteiger partial charge is 0.355 e. The number of carbonyl (C=O) groups is 1. The Labute approximate surface area is 213 Å². The molecule has 3 aromatic rings. The van der Waals surface area contributed by atoms with Crippen LogP contribution in [0.4, 0.5) is 18.9 Å². The molecule has 36 heavy (non-hydrogen) atoms. The van der Waals surface area contributed by atoms with E-state index in [1.165, 1.54) is 12.1 Å². The average molecular weight is 539 g/mol. The number of carbonyl (C=O) groups excluding carboxylic acids is 1. The van der Waals surface area contributed by atoms with Gasteiger partial charge in [-0.05, 0) is 62.6 Å². The SMILES string of the molecule is Cc1ccc(CCCNC(=O)CN(c2ccc(Cl)c(C(F)(F)F)c2)S(=O)(=O)c2ccc(C)cc2)cc1. The topological polar surface area (TPSA) is 66.5 Å². The van der Waals surface area contributed by atoms with Crippen LogP contribution in [0.3, 0.4) is 0 Å². The number of amides is 1. The third kappa shape index (κ3) is 7.01. The number of hydrogen-bond donors (Lipinski definition) is 1. The monoisotopic (exact) mass is 538 g/mol. The van der Waals surface area contributed by atoms with Crippen molar-refractivity contribution in [1.29, 1.82) is 0 Å². The molecule has 0 aliphatic rings. The molecule has 0 aliphatic heterocycles. The van der Waals surface area contributed by atoms with Crippen molar-refractivity contribution < 1.29 is 26.4 Å². The molecule has 192 valence electrons. The minimum Gasteiger partial charge on any atom is -0.355 e. The van der Waals surface area contributed by atoms with Gasteiger partial charge in [-0.15, -0.1) is 0 Å². The van der Waals surface area contributed by atoms with Gasteiger partial charge in [0.25, 0.3) is 10.0 Å². The van der Waals surface area contributed by atoms with E-state index in [1.807, 2.05) is 31.2 Å². The van der Waals surface area contributed by atoms with Gasteiger partial charge in [0.05, 0.1) is 21.2 Å². The zero-order chi connectivity index (χ0) is 26.5. The molecule has 0 aliphatic carbocycles. The van der Waals surface area contributed by atoms with E-state index in [4.69, 9.17) is 11.6 Å². The van der Waals surface area contributed by atoms with Crippen LogP contribution >= 0.6 is 11.6 Å². The summed E-state index contributed by atoms with van der Waals surface area (Å²) in [5, 5.41) is 2.09. The van der Waals surface area contributed by atoms with Crippen LogP contribution < -0.4 is 9.62 Å². The summed E-state index contributed by atoms with van der Waals surface area (Å²) in [6.45, 7) is 3.34. The summed E-state index contributed by atoms with van der Waals surface area (Å²) in [7, 11) is -4.36. The van der Waals surface area contributed by atoms with Gasteiger partial charge in [-0.2, -0.15) is 13.2 Å². The van der Waals surface area contributed by atoms with E-state index in [9.17, 15) is 26.4 Å². The molecule has 1 amide bonds. The summed E-state index contributed by atoms with van der Waals surface area (Å²) < 4.78 is 67.8. The van der Waals surface area contributed by atoms with Crippen LogP contribution in [0.25, 0.3) is 0 Å². The highest BCUT2D eigenvalue weighted by atomic mass is 35.5. The van der Waals surface area contributed by atoms with Gasteiger partial charge in [0.2, 0.25) is 5.91 Å². The lowest BCUT2D eigenvalue weighted by Crippen LogP contribution is -2.41. The van der Waals surface area contributed by atoms with E-state index in [2.05, 4.69) is 5.32 Å². The van der Waals surface area contributed by atoms with Crippen molar-refractivity contribution in [2.24, 2.45) is 0 Å². The minimum atomic E-state index is -4.80. The maximum Gasteiger partial charge on any atom is 0.417 e. The van der Waals surface area contributed by atoms with Gasteiger partial charge >= 0.3 is 6.18 Å². The zero-order valence-corrected chi connectivity index (χ0v) is 21.3. The van der Waals surface area contributed by atoms with Gasteiger partial charge in [0, 0.05) is 6.54 Å². The van der Waals surface area contributed by atoms with Gasteiger partial charge in [-0.3, -0.25) is 9.10 Å². The third-order valence-corrected chi connectivity index (χ3v) is 7.64. The Hall–Kier alpha value is -3.04. The maximum absolute atomic E-state index is 13.5. The lowest BCUT2D eigenvalue weighted by atomic mass is 10.1. The number of alkyl halides is 3. The van der Waals surface area contributed by atoms with E-state index in [-0.39, 0.29) is 17.1 Å². The lowest BCUT2D eigenvalue weighted by Gasteiger charge is -2.25. The average Bonchev–Trinajstić information content (AvgIpc) is 2.81. The summed E-state index contributed by atoms with van der Waals surface area (Å²) in [6, 6.07) is 16.5. The molecule has 0 heterocycles. The van der Waals surface area contributed by atoms with Gasteiger partial charge in [0.15, 0.2) is 0 Å². The first-order valence-corrected chi connectivity index (χ1v) is 13.0. The van der Waals surface area contributed by atoms with Gasteiger partial charge in [-0.1, -0.05) is 59.1 Å². The molecule has 3 rings (SSSR count). The number of nitrogens with one attached hydrogen (secondary N) is 1. The standard InChI is InChI=1S/C26H26ClF3N2O3S/c1-18-5-9-20(10-6-18)4-3-15-31-25(33)17-32(36(34,35)22-12-7-19(2)8-13-22)21-11-14-24(27)23(16-21)26(28,29)30/h5-14,16H,3-4,15,17H2,1-2H3,(H,31,33). The van der Waals surface area contributed by atoms with Crippen molar-refractivity contribution in [3.63, 3.8) is 0 Å². The molecule has 0 radical (unpaired) electrons. The molecule has 5 nitrogen and oxygen atoms in total. The fourth-order valence-electron chi connectivity index (χ4n) is 3.50. The number of aryl methyl sites for hydroxylation is 3. The Kier molecular flexibility index (Phi) is 8.68. The summed E-state index contributed by atoms with van der Waals surface area (Å²) in [6.07, 6.45) is -3.48. The summed E-state index contributed by atoms with van der Waals surface area (Å²) in [5.74, 6) is -0.641. The van der Waals surface area contributed by atoms with Crippen LogP contribution in [0.15, 0.2) is 71.6 Å². The number of sulfonamides is 1. The fraction of sp³-hybridized carbons (Fsp3) is 0.269. The van der Waals surface area contributed by atoms with E-state index < -0.39 is 39.2 Å². The zero-order valence-electron chi connectivity index (χ0n) is 19.8. The molecule has 0 bridgehead atoms. The molecule has 0 atom stereocenters. The Morgan fingerprint density at radius 3 is 2.11 bits per heavy atom. The van der Waals surface area contributed by atoms with Crippen LogP contribution in [0.5, 0.6) is 0 Å². The number of halogens is 4. The molecule has 0 spiro atoms. The Bertz CT molecular complexity index is 1310. The number of anilines is 1. The van der Waals surface area contributed by atoms with Gasteiger partial charge in [0.1, 0.15) is 6.54 Å². The molecule has 0 fully saturated rings. The predicted molar refractivity (Wildman–Crippen MR) is 135 cm³/mol. The lowest BCUT2D eigenvalue weighted by molar-refractivity contribution is -0.137. The maximum atomic E-state index is 13.5. The summed E-state index contributed by atoms with van der Waals surface area (Å²) >= 11 is 5.72. The van der Waals surface area contributed by atoms with Crippen molar-refractivity contribution in [3.05, 3.63) is 94.0 Å². The second-order valence-electron chi connectivity index (χ2n) is 8.43. The van der Waals surface area contributed by atoms with Crippen molar-refractivity contribution in [2.75, 3.05) is 17.4 Å². The number of rotatable bonds is 9. The molecule has 0 saturated carbocycles. The highest BCUT2D eigenvalue weighted by Gasteiger charge is 2.35. The summed E-state index contributed by atoms with van der Waals surface area (Å²) in [4.78, 5) is 12.5. The first-order chi connectivity index (χ1) is 16.9. The molecule has 0 unspecified atom stereocenters. The fourth-order valence-corrected chi connectivity index (χ4v) is 5.14. The third-order valence-electron chi connectivity index (χ3n) is 5.52. The van der Waals surface area contributed by atoms with Crippen molar-refractivity contribution >= 4 is 33.2 Å². The number of benzene rings is 3. The van der Waals surface area contributed by atoms with E-state index >= 15 is 0 Å². The molecule has 3 aromatic carbocycles. The van der Waals surface area contributed by atoms with Crippen LogP contribution in [0.1, 0.15) is 28.7 Å². The molecular weight excluding hydrogens is 513 g/mol. The van der Waals surface area contributed by atoms with Crippen molar-refractivity contribution in [2.45, 2.75) is 37.8 Å². The van der Waals surface area contributed by atoms with E-state index in [0.717, 1.165) is 28.8 Å². The molecule has 10 heteroatoms.